The maximum absolute atomic E-state index is 6.30. The maximum atomic E-state index is 6.30. The molecule has 0 aliphatic rings. The molecule has 0 aliphatic heterocycles. The number of hydrogen-bond donors (Lipinski definition) is 0. The summed E-state index contributed by atoms with van der Waals surface area (Å²) in [5.74, 6) is 0. The monoisotopic (exact) mass is 778 g/mol. The Kier molecular flexibility index (Phi) is 8.17. The third-order valence-corrected chi connectivity index (χ3v) is 12.2. The highest BCUT2D eigenvalue weighted by Crippen LogP contribution is 2.46. The first-order valence-corrected chi connectivity index (χ1v) is 20.8. The SMILES string of the molecule is c1ccc(-c2cccc3cccc(-c4ccccc4N(c4ccc(-c5ccc6c(c5)oc5ccccc56)cc4)c4ccc5c6ccccc6n(-c6ccccc6)c5c4)c23)cc1. The molecular weight excluding hydrogens is 741 g/mol. The van der Waals surface area contributed by atoms with Crippen LogP contribution in [0.3, 0.4) is 0 Å². The highest BCUT2D eigenvalue weighted by atomic mass is 16.3. The van der Waals surface area contributed by atoms with Crippen LogP contribution in [0.4, 0.5) is 17.1 Å². The normalized spacial score (nSPS) is 11.6. The van der Waals surface area contributed by atoms with Crippen LogP contribution in [0, 0.1) is 0 Å². The molecule has 0 radical (unpaired) electrons. The highest BCUT2D eigenvalue weighted by molar-refractivity contribution is 6.12. The largest absolute Gasteiger partial charge is 0.456 e. The zero-order valence-corrected chi connectivity index (χ0v) is 33.2. The zero-order chi connectivity index (χ0) is 40.3. The fraction of sp³-hybridized carbons (Fsp3) is 0. The van der Waals surface area contributed by atoms with Gasteiger partial charge in [0.1, 0.15) is 11.2 Å². The first-order valence-electron chi connectivity index (χ1n) is 20.8. The van der Waals surface area contributed by atoms with Crippen LogP contribution in [0.5, 0.6) is 0 Å². The molecule has 0 fully saturated rings. The molecular formula is C58H38N2O. The van der Waals surface area contributed by atoms with Gasteiger partial charge >= 0.3 is 0 Å². The Hall–Kier alpha value is -8.14. The van der Waals surface area contributed by atoms with Crippen LogP contribution in [0.1, 0.15) is 0 Å². The Labute approximate surface area is 353 Å². The van der Waals surface area contributed by atoms with Crippen molar-refractivity contribution in [1.29, 1.82) is 0 Å². The van der Waals surface area contributed by atoms with Gasteiger partial charge < -0.3 is 13.9 Å². The quantitative estimate of drug-likeness (QED) is 0.161. The van der Waals surface area contributed by atoms with Crippen LogP contribution in [-0.4, -0.2) is 4.57 Å². The van der Waals surface area contributed by atoms with Crippen molar-refractivity contribution in [3.63, 3.8) is 0 Å². The van der Waals surface area contributed by atoms with Gasteiger partial charge in [-0.15, -0.1) is 0 Å². The molecule has 0 bridgehead atoms. The molecule has 0 aliphatic carbocycles. The molecule has 2 aromatic heterocycles. The van der Waals surface area contributed by atoms with E-state index in [1.165, 1.54) is 43.8 Å². The summed E-state index contributed by atoms with van der Waals surface area (Å²) in [4.78, 5) is 2.43. The molecule has 0 amide bonds. The van der Waals surface area contributed by atoms with Crippen LogP contribution in [0.15, 0.2) is 235 Å². The minimum Gasteiger partial charge on any atom is -0.456 e. The fourth-order valence-electron chi connectivity index (χ4n) is 9.41. The summed E-state index contributed by atoms with van der Waals surface area (Å²) in [6.45, 7) is 0. The van der Waals surface area contributed by atoms with E-state index in [-0.39, 0.29) is 0 Å². The zero-order valence-electron chi connectivity index (χ0n) is 33.2. The van der Waals surface area contributed by atoms with Crippen molar-refractivity contribution in [1.82, 2.24) is 4.57 Å². The number of fused-ring (bicyclic) bond motifs is 7. The van der Waals surface area contributed by atoms with E-state index in [1.807, 2.05) is 12.1 Å². The Bertz CT molecular complexity index is 3580. The summed E-state index contributed by atoms with van der Waals surface area (Å²) >= 11 is 0. The Balaban J connectivity index is 1.07. The third-order valence-electron chi connectivity index (χ3n) is 12.2. The molecule has 0 saturated heterocycles. The lowest BCUT2D eigenvalue weighted by atomic mass is 9.90. The van der Waals surface area contributed by atoms with Crippen molar-refractivity contribution in [3.8, 4) is 39.1 Å². The van der Waals surface area contributed by atoms with Gasteiger partial charge in [-0.1, -0.05) is 164 Å². The fourth-order valence-corrected chi connectivity index (χ4v) is 9.41. The molecule has 286 valence electrons. The van der Waals surface area contributed by atoms with Crippen LogP contribution < -0.4 is 4.90 Å². The third kappa shape index (κ3) is 5.82. The number of aromatic nitrogens is 1. The molecule has 2 heterocycles. The topological polar surface area (TPSA) is 21.3 Å². The second-order valence-electron chi connectivity index (χ2n) is 15.7. The van der Waals surface area contributed by atoms with Crippen molar-refractivity contribution in [2.24, 2.45) is 0 Å². The first-order chi connectivity index (χ1) is 30.3. The van der Waals surface area contributed by atoms with Gasteiger partial charge in [-0.25, -0.2) is 0 Å². The Morgan fingerprint density at radius 3 is 1.79 bits per heavy atom. The molecule has 12 aromatic rings. The molecule has 3 nitrogen and oxygen atoms in total. The van der Waals surface area contributed by atoms with E-state index in [9.17, 15) is 0 Å². The second-order valence-corrected chi connectivity index (χ2v) is 15.7. The van der Waals surface area contributed by atoms with Crippen LogP contribution in [0.2, 0.25) is 0 Å². The van der Waals surface area contributed by atoms with Gasteiger partial charge in [-0.3, -0.25) is 0 Å². The Morgan fingerprint density at radius 1 is 0.344 bits per heavy atom. The Morgan fingerprint density at radius 2 is 0.951 bits per heavy atom. The number of nitrogens with zero attached hydrogens (tertiary/aromatic N) is 2. The molecule has 0 spiro atoms. The molecule has 0 N–H and O–H groups in total. The lowest BCUT2D eigenvalue weighted by Gasteiger charge is -2.29. The van der Waals surface area contributed by atoms with Crippen LogP contribution >= 0.6 is 0 Å². The maximum Gasteiger partial charge on any atom is 0.136 e. The summed E-state index contributed by atoms with van der Waals surface area (Å²) in [5.41, 5.74) is 15.5. The minimum atomic E-state index is 0.894. The standard InChI is InChI=1S/C58H38N2O/c1-3-15-40(16-4-1)46-24-13-17-41-18-14-25-52(58(41)46)48-22-8-10-26-53(48)59(44-32-29-39(30-33-44)42-31-35-51-50-23-9-12-28-56(50)61-57(51)37-42)45-34-36-49-47-21-7-11-27-54(47)60(55(49)38-45)43-19-5-2-6-20-43/h1-38H. The smallest absolute Gasteiger partial charge is 0.136 e. The van der Waals surface area contributed by atoms with Gasteiger partial charge in [0.2, 0.25) is 0 Å². The number of benzene rings is 10. The van der Waals surface area contributed by atoms with Crippen molar-refractivity contribution in [2.45, 2.75) is 0 Å². The van der Waals surface area contributed by atoms with E-state index < -0.39 is 0 Å². The molecule has 0 atom stereocenters. The van der Waals surface area contributed by atoms with E-state index in [4.69, 9.17) is 4.42 Å². The van der Waals surface area contributed by atoms with Crippen LogP contribution in [0.25, 0.3) is 93.6 Å². The van der Waals surface area contributed by atoms with E-state index in [0.717, 1.165) is 66.9 Å². The predicted molar refractivity (Wildman–Crippen MR) is 257 cm³/mol. The van der Waals surface area contributed by atoms with E-state index in [0.29, 0.717) is 0 Å². The molecule has 3 heteroatoms. The number of hydrogen-bond acceptors (Lipinski definition) is 2. The molecule has 0 unspecified atom stereocenters. The highest BCUT2D eigenvalue weighted by Gasteiger charge is 2.22. The van der Waals surface area contributed by atoms with E-state index in [2.05, 4.69) is 228 Å². The summed E-state index contributed by atoms with van der Waals surface area (Å²) in [5, 5.41) is 7.16. The molecule has 61 heavy (non-hydrogen) atoms. The lowest BCUT2D eigenvalue weighted by molar-refractivity contribution is 0.669. The lowest BCUT2D eigenvalue weighted by Crippen LogP contribution is -2.11. The number of para-hydroxylation sites is 4. The minimum absolute atomic E-state index is 0.894. The van der Waals surface area contributed by atoms with Gasteiger partial charge in [0, 0.05) is 44.2 Å². The van der Waals surface area contributed by atoms with E-state index in [1.54, 1.807) is 0 Å². The van der Waals surface area contributed by atoms with Gasteiger partial charge in [0.05, 0.1) is 16.7 Å². The summed E-state index contributed by atoms with van der Waals surface area (Å²) in [6, 6.07) is 83.1. The second kappa shape index (κ2) is 14.3. The van der Waals surface area contributed by atoms with Gasteiger partial charge in [0.15, 0.2) is 0 Å². The summed E-state index contributed by atoms with van der Waals surface area (Å²) < 4.78 is 8.70. The van der Waals surface area contributed by atoms with Crippen molar-refractivity contribution in [3.05, 3.63) is 231 Å². The van der Waals surface area contributed by atoms with Gasteiger partial charge in [0.25, 0.3) is 0 Å². The van der Waals surface area contributed by atoms with Crippen molar-refractivity contribution in [2.75, 3.05) is 4.90 Å². The average molecular weight is 779 g/mol. The van der Waals surface area contributed by atoms with Crippen LogP contribution in [-0.2, 0) is 0 Å². The van der Waals surface area contributed by atoms with Gasteiger partial charge in [-0.2, -0.15) is 0 Å². The first kappa shape index (κ1) is 34.9. The summed E-state index contributed by atoms with van der Waals surface area (Å²) in [7, 11) is 0. The molecule has 12 rings (SSSR count). The van der Waals surface area contributed by atoms with Crippen molar-refractivity contribution >= 4 is 71.6 Å². The number of anilines is 3. The van der Waals surface area contributed by atoms with Gasteiger partial charge in [-0.05, 0) is 105 Å². The molecule has 10 aromatic carbocycles. The van der Waals surface area contributed by atoms with E-state index >= 15 is 0 Å². The molecule has 0 saturated carbocycles. The van der Waals surface area contributed by atoms with Crippen molar-refractivity contribution < 1.29 is 4.42 Å². The summed E-state index contributed by atoms with van der Waals surface area (Å²) in [6.07, 6.45) is 0. The number of rotatable bonds is 7. The number of furan rings is 1. The predicted octanol–water partition coefficient (Wildman–Crippen LogP) is 16.3. The average Bonchev–Trinajstić information content (AvgIpc) is 3.87.